The van der Waals surface area contributed by atoms with Gasteiger partial charge in [-0.1, -0.05) is 30.3 Å². The van der Waals surface area contributed by atoms with Gasteiger partial charge in [-0.3, -0.25) is 0 Å². The molecule has 0 radical (unpaired) electrons. The minimum Gasteiger partial charge on any atom is -0.497 e. The van der Waals surface area contributed by atoms with Crippen LogP contribution < -0.4 is 4.74 Å². The number of methoxy groups -OCH3 is 1. The van der Waals surface area contributed by atoms with Gasteiger partial charge >= 0.3 is 0 Å². The first-order valence-corrected chi connectivity index (χ1v) is 7.67. The van der Waals surface area contributed by atoms with Crippen molar-refractivity contribution in [2.24, 2.45) is 5.92 Å². The molecule has 2 aromatic carbocycles. The molecule has 0 bridgehead atoms. The van der Waals surface area contributed by atoms with E-state index >= 15 is 0 Å². The highest BCUT2D eigenvalue weighted by atomic mass is 35.5. The summed E-state index contributed by atoms with van der Waals surface area (Å²) < 4.78 is 19.2. The lowest BCUT2D eigenvalue weighted by molar-refractivity contribution is 0.407. The molecular formula is C18H18ClFO. The molecule has 0 aromatic heterocycles. The maximum absolute atomic E-state index is 14.2. The van der Waals surface area contributed by atoms with Crippen LogP contribution in [-0.4, -0.2) is 7.11 Å². The van der Waals surface area contributed by atoms with Crippen molar-refractivity contribution in [2.45, 2.75) is 24.6 Å². The number of halogens is 2. The van der Waals surface area contributed by atoms with E-state index in [2.05, 4.69) is 24.3 Å². The lowest BCUT2D eigenvalue weighted by Gasteiger charge is -2.28. The number of hydrogen-bond acceptors (Lipinski definition) is 1. The van der Waals surface area contributed by atoms with Gasteiger partial charge in [0.05, 0.1) is 12.5 Å². The first-order valence-electron chi connectivity index (χ1n) is 7.23. The fourth-order valence-corrected chi connectivity index (χ4v) is 3.48. The van der Waals surface area contributed by atoms with Crippen LogP contribution in [0, 0.1) is 11.7 Å². The fourth-order valence-electron chi connectivity index (χ4n) is 3.09. The highest BCUT2D eigenvalue weighted by Crippen LogP contribution is 2.39. The van der Waals surface area contributed by atoms with Crippen LogP contribution in [0.1, 0.15) is 28.5 Å². The highest BCUT2D eigenvalue weighted by Gasteiger charge is 2.27. The average molecular weight is 305 g/mol. The zero-order chi connectivity index (χ0) is 14.8. The molecule has 110 valence electrons. The number of ether oxygens (including phenoxy) is 1. The van der Waals surface area contributed by atoms with Crippen molar-refractivity contribution in [2.75, 3.05) is 7.11 Å². The molecule has 3 rings (SSSR count). The van der Waals surface area contributed by atoms with Gasteiger partial charge in [0, 0.05) is 11.6 Å². The summed E-state index contributed by atoms with van der Waals surface area (Å²) in [5.74, 6) is 0.506. The largest absolute Gasteiger partial charge is 0.497 e. The zero-order valence-corrected chi connectivity index (χ0v) is 12.7. The summed E-state index contributed by atoms with van der Waals surface area (Å²) in [6.07, 6.45) is 2.92. The summed E-state index contributed by atoms with van der Waals surface area (Å²) in [6.45, 7) is 0. The third-order valence-electron chi connectivity index (χ3n) is 4.30. The Balaban J connectivity index is 1.82. The Morgan fingerprint density at radius 3 is 2.67 bits per heavy atom. The molecule has 0 amide bonds. The summed E-state index contributed by atoms with van der Waals surface area (Å²) in [4.78, 5) is 0. The predicted octanol–water partition coefficient (Wildman–Crippen LogP) is 4.92. The molecule has 0 saturated carbocycles. The number of aryl methyl sites for hydroxylation is 1. The third-order valence-corrected chi connectivity index (χ3v) is 4.90. The van der Waals surface area contributed by atoms with Crippen molar-refractivity contribution in [3.8, 4) is 5.75 Å². The first-order chi connectivity index (χ1) is 10.2. The van der Waals surface area contributed by atoms with Gasteiger partial charge in [0.1, 0.15) is 11.6 Å². The summed E-state index contributed by atoms with van der Waals surface area (Å²) >= 11 is 6.57. The maximum atomic E-state index is 14.2. The van der Waals surface area contributed by atoms with Gasteiger partial charge in [0.25, 0.3) is 0 Å². The van der Waals surface area contributed by atoms with E-state index in [1.807, 2.05) is 0 Å². The third kappa shape index (κ3) is 2.91. The van der Waals surface area contributed by atoms with Crippen molar-refractivity contribution < 1.29 is 9.13 Å². The van der Waals surface area contributed by atoms with Crippen LogP contribution in [-0.2, 0) is 12.8 Å². The number of hydrogen-bond donors (Lipinski definition) is 0. The first kappa shape index (κ1) is 14.4. The van der Waals surface area contributed by atoms with Crippen molar-refractivity contribution in [1.29, 1.82) is 0 Å². The molecule has 21 heavy (non-hydrogen) atoms. The monoisotopic (exact) mass is 304 g/mol. The van der Waals surface area contributed by atoms with Crippen molar-refractivity contribution in [3.05, 3.63) is 65.0 Å². The van der Waals surface area contributed by atoms with E-state index in [1.165, 1.54) is 24.3 Å². The van der Waals surface area contributed by atoms with Crippen molar-refractivity contribution in [1.82, 2.24) is 0 Å². The van der Waals surface area contributed by atoms with Gasteiger partial charge in [0.15, 0.2) is 0 Å². The van der Waals surface area contributed by atoms with Gasteiger partial charge in [0.2, 0.25) is 0 Å². The Morgan fingerprint density at radius 1 is 1.19 bits per heavy atom. The normalized spacial score (nSPS) is 18.9. The fraction of sp³-hybridized carbons (Fsp3) is 0.333. The van der Waals surface area contributed by atoms with Crippen LogP contribution >= 0.6 is 11.6 Å². The molecule has 1 aliphatic rings. The van der Waals surface area contributed by atoms with Gasteiger partial charge < -0.3 is 4.74 Å². The van der Waals surface area contributed by atoms with Gasteiger partial charge in [-0.2, -0.15) is 0 Å². The van der Waals surface area contributed by atoms with Crippen molar-refractivity contribution >= 4 is 11.6 Å². The zero-order valence-electron chi connectivity index (χ0n) is 12.0. The smallest absolute Gasteiger partial charge is 0.131 e. The molecule has 1 nitrogen and oxygen atoms in total. The Hall–Kier alpha value is -1.54. The number of fused-ring (bicyclic) bond motifs is 1. The minimum atomic E-state index is -0.302. The van der Waals surface area contributed by atoms with E-state index < -0.39 is 0 Å². The second kappa shape index (κ2) is 6.07. The molecule has 3 heteroatoms. The number of rotatable bonds is 3. The van der Waals surface area contributed by atoms with E-state index in [0.717, 1.165) is 19.3 Å². The van der Waals surface area contributed by atoms with Crippen LogP contribution in [0.5, 0.6) is 5.75 Å². The van der Waals surface area contributed by atoms with Gasteiger partial charge in [-0.25, -0.2) is 4.39 Å². The van der Waals surface area contributed by atoms with E-state index in [-0.39, 0.29) is 17.1 Å². The van der Waals surface area contributed by atoms with Gasteiger partial charge in [-0.05, 0) is 42.4 Å². The standard InChI is InChI=1S/C18H18ClFO/c1-21-15-8-9-16(17(20)11-15)18(19)14-7-6-12-4-2-3-5-13(12)10-14/h2-5,8-9,11,14,18H,6-7,10H2,1H3. The molecule has 2 atom stereocenters. The molecule has 0 spiro atoms. The Kier molecular flexibility index (Phi) is 4.16. The lowest BCUT2D eigenvalue weighted by atomic mass is 9.80. The van der Waals surface area contributed by atoms with Crippen LogP contribution in [0.25, 0.3) is 0 Å². The van der Waals surface area contributed by atoms with Crippen LogP contribution in [0.15, 0.2) is 42.5 Å². The molecule has 0 fully saturated rings. The minimum absolute atomic E-state index is 0.268. The Bertz CT molecular complexity index is 641. The van der Waals surface area contributed by atoms with Crippen LogP contribution in [0.4, 0.5) is 4.39 Å². The summed E-state index contributed by atoms with van der Waals surface area (Å²) in [5.41, 5.74) is 3.31. The van der Waals surface area contributed by atoms with Crippen molar-refractivity contribution in [3.63, 3.8) is 0 Å². The molecule has 2 unspecified atom stereocenters. The summed E-state index contributed by atoms with van der Waals surface area (Å²) in [7, 11) is 1.53. The predicted molar refractivity (Wildman–Crippen MR) is 83.5 cm³/mol. The molecule has 1 aliphatic carbocycles. The molecule has 0 aliphatic heterocycles. The summed E-state index contributed by atoms with van der Waals surface area (Å²) in [5, 5.41) is -0.302. The second-order valence-electron chi connectivity index (χ2n) is 5.56. The maximum Gasteiger partial charge on any atom is 0.131 e. The molecule has 0 heterocycles. The SMILES string of the molecule is COc1ccc(C(Cl)C2CCc3ccccc3C2)c(F)c1. The van der Waals surface area contributed by atoms with E-state index in [9.17, 15) is 4.39 Å². The molecular weight excluding hydrogens is 287 g/mol. The number of benzene rings is 2. The lowest BCUT2D eigenvalue weighted by Crippen LogP contribution is -2.19. The highest BCUT2D eigenvalue weighted by molar-refractivity contribution is 6.21. The van der Waals surface area contributed by atoms with Crippen LogP contribution in [0.3, 0.4) is 0 Å². The topological polar surface area (TPSA) is 9.23 Å². The number of alkyl halides is 1. The molecule has 2 aromatic rings. The quantitative estimate of drug-likeness (QED) is 0.731. The van der Waals surface area contributed by atoms with E-state index in [1.54, 1.807) is 12.1 Å². The molecule has 0 saturated heterocycles. The van der Waals surface area contributed by atoms with E-state index in [0.29, 0.717) is 11.3 Å². The van der Waals surface area contributed by atoms with Crippen LogP contribution in [0.2, 0.25) is 0 Å². The Labute approximate surface area is 129 Å². The summed E-state index contributed by atoms with van der Waals surface area (Å²) in [6, 6.07) is 13.4. The van der Waals surface area contributed by atoms with Gasteiger partial charge in [-0.15, -0.1) is 11.6 Å². The second-order valence-corrected chi connectivity index (χ2v) is 6.03. The Morgan fingerprint density at radius 2 is 1.95 bits per heavy atom. The molecule has 0 N–H and O–H groups in total. The average Bonchev–Trinajstić information content (AvgIpc) is 2.53. The van der Waals surface area contributed by atoms with E-state index in [4.69, 9.17) is 16.3 Å².